The summed E-state index contributed by atoms with van der Waals surface area (Å²) in [4.78, 5) is 13.2. The highest BCUT2D eigenvalue weighted by molar-refractivity contribution is 5.89. The largest absolute Gasteiger partial charge is 0.349 e. The van der Waals surface area contributed by atoms with Gasteiger partial charge in [0.1, 0.15) is 0 Å². The Morgan fingerprint density at radius 3 is 2.43 bits per heavy atom. The summed E-state index contributed by atoms with van der Waals surface area (Å²) >= 11 is 0. The average molecular weight is 305 g/mol. The van der Waals surface area contributed by atoms with Crippen molar-refractivity contribution in [3.8, 4) is 0 Å². The first-order valence-electron chi connectivity index (χ1n) is 8.74. The van der Waals surface area contributed by atoms with Crippen LogP contribution in [0.3, 0.4) is 0 Å². The van der Waals surface area contributed by atoms with E-state index < -0.39 is 0 Å². The zero-order valence-electron chi connectivity index (χ0n) is 13.4. The summed E-state index contributed by atoms with van der Waals surface area (Å²) in [6.07, 6.45) is 6.32. The maximum absolute atomic E-state index is 13.2. The van der Waals surface area contributed by atoms with Crippen molar-refractivity contribution in [1.82, 2.24) is 5.32 Å². The minimum absolute atomic E-state index is 0.180. The Balaban J connectivity index is 1.61. The second-order valence-corrected chi connectivity index (χ2v) is 6.92. The molecule has 2 aromatic carbocycles. The van der Waals surface area contributed by atoms with E-state index >= 15 is 0 Å². The maximum Gasteiger partial charge on any atom is 0.231 e. The van der Waals surface area contributed by atoms with Crippen LogP contribution in [0.2, 0.25) is 0 Å². The van der Waals surface area contributed by atoms with Crippen molar-refractivity contribution in [2.75, 3.05) is 0 Å². The van der Waals surface area contributed by atoms with Crippen molar-refractivity contribution < 1.29 is 4.79 Å². The van der Waals surface area contributed by atoms with Gasteiger partial charge in [0.05, 0.1) is 11.5 Å². The number of rotatable bonds is 3. The lowest BCUT2D eigenvalue weighted by atomic mass is 9.77. The van der Waals surface area contributed by atoms with Gasteiger partial charge in [0.25, 0.3) is 0 Å². The molecule has 1 amide bonds. The Bertz CT molecular complexity index is 701. The van der Waals surface area contributed by atoms with Crippen molar-refractivity contribution in [2.45, 2.75) is 50.0 Å². The van der Waals surface area contributed by atoms with Gasteiger partial charge < -0.3 is 5.32 Å². The van der Waals surface area contributed by atoms with Crippen LogP contribution >= 0.6 is 0 Å². The summed E-state index contributed by atoms with van der Waals surface area (Å²) in [5.41, 5.74) is 3.56. The fourth-order valence-electron chi connectivity index (χ4n) is 4.39. The van der Waals surface area contributed by atoms with Crippen LogP contribution in [0, 0.1) is 0 Å². The number of carbonyl (C=O) groups excluding carboxylic acids is 1. The summed E-state index contributed by atoms with van der Waals surface area (Å²) in [5.74, 6) is 0.225. The number of carbonyl (C=O) groups is 1. The fraction of sp³-hybridized carbons (Fsp3) is 0.381. The number of benzene rings is 2. The molecule has 23 heavy (non-hydrogen) atoms. The topological polar surface area (TPSA) is 29.1 Å². The smallest absolute Gasteiger partial charge is 0.231 e. The molecule has 0 radical (unpaired) electrons. The molecule has 1 atom stereocenters. The molecule has 0 aliphatic heterocycles. The van der Waals surface area contributed by atoms with E-state index in [1.165, 1.54) is 16.7 Å². The van der Waals surface area contributed by atoms with Crippen LogP contribution in [0.4, 0.5) is 0 Å². The summed E-state index contributed by atoms with van der Waals surface area (Å²) < 4.78 is 0. The van der Waals surface area contributed by atoms with Gasteiger partial charge in [-0.05, 0) is 42.4 Å². The van der Waals surface area contributed by atoms with Crippen LogP contribution in [-0.2, 0) is 16.6 Å². The van der Waals surface area contributed by atoms with E-state index in [9.17, 15) is 4.79 Å². The third kappa shape index (κ3) is 2.46. The lowest BCUT2D eigenvalue weighted by molar-refractivity contribution is -0.127. The van der Waals surface area contributed by atoms with Gasteiger partial charge in [-0.3, -0.25) is 4.79 Å². The molecule has 0 saturated heterocycles. The standard InChI is InChI=1S/C21H23NO/c23-20(22-19-13-12-16-8-4-5-11-18(16)19)21(14-6-7-15-21)17-9-2-1-3-10-17/h1-5,8-11,19H,6-7,12-15H2,(H,22,23). The highest BCUT2D eigenvalue weighted by Crippen LogP contribution is 2.42. The van der Waals surface area contributed by atoms with E-state index in [1.54, 1.807) is 0 Å². The molecule has 2 aliphatic carbocycles. The second-order valence-electron chi connectivity index (χ2n) is 6.92. The SMILES string of the molecule is O=C(NC1CCc2ccccc21)C1(c2ccccc2)CCCC1. The van der Waals surface area contributed by atoms with Crippen LogP contribution < -0.4 is 5.32 Å². The molecule has 1 N–H and O–H groups in total. The first kappa shape index (κ1) is 14.5. The predicted octanol–water partition coefficient (Wildman–Crippen LogP) is 4.30. The summed E-state index contributed by atoms with van der Waals surface area (Å²) in [7, 11) is 0. The van der Waals surface area contributed by atoms with Crippen LogP contribution in [-0.4, -0.2) is 5.91 Å². The number of amides is 1. The molecule has 0 bridgehead atoms. The van der Waals surface area contributed by atoms with Gasteiger partial charge >= 0.3 is 0 Å². The van der Waals surface area contributed by atoms with Crippen molar-refractivity contribution in [1.29, 1.82) is 0 Å². The predicted molar refractivity (Wildman–Crippen MR) is 92.2 cm³/mol. The molecule has 1 saturated carbocycles. The highest BCUT2D eigenvalue weighted by Gasteiger charge is 2.43. The van der Waals surface area contributed by atoms with Gasteiger partial charge in [0.15, 0.2) is 0 Å². The van der Waals surface area contributed by atoms with E-state index in [4.69, 9.17) is 0 Å². The molecule has 0 heterocycles. The number of nitrogens with one attached hydrogen (secondary N) is 1. The van der Waals surface area contributed by atoms with Gasteiger partial charge in [-0.1, -0.05) is 67.4 Å². The van der Waals surface area contributed by atoms with Crippen LogP contribution in [0.1, 0.15) is 54.8 Å². The lowest BCUT2D eigenvalue weighted by Crippen LogP contribution is -2.43. The molecule has 2 aromatic rings. The Hall–Kier alpha value is -2.09. The van der Waals surface area contributed by atoms with E-state index in [0.29, 0.717) is 0 Å². The van der Waals surface area contributed by atoms with E-state index in [1.807, 2.05) is 18.2 Å². The summed E-state index contributed by atoms with van der Waals surface area (Å²) in [5, 5.41) is 3.38. The number of aryl methyl sites for hydroxylation is 1. The zero-order chi connectivity index (χ0) is 15.7. The third-order valence-corrected chi connectivity index (χ3v) is 5.66. The van der Waals surface area contributed by atoms with Gasteiger partial charge in [-0.2, -0.15) is 0 Å². The van der Waals surface area contributed by atoms with Crippen molar-refractivity contribution in [2.24, 2.45) is 0 Å². The molecule has 0 aromatic heterocycles. The maximum atomic E-state index is 13.2. The quantitative estimate of drug-likeness (QED) is 0.900. The molecule has 1 unspecified atom stereocenters. The van der Waals surface area contributed by atoms with Gasteiger partial charge in [-0.15, -0.1) is 0 Å². The Kier molecular flexibility index (Phi) is 3.68. The van der Waals surface area contributed by atoms with Crippen molar-refractivity contribution in [3.63, 3.8) is 0 Å². The van der Waals surface area contributed by atoms with E-state index in [-0.39, 0.29) is 17.4 Å². The molecule has 2 heteroatoms. The van der Waals surface area contributed by atoms with Crippen molar-refractivity contribution in [3.05, 3.63) is 71.3 Å². The van der Waals surface area contributed by atoms with E-state index in [0.717, 1.165) is 38.5 Å². The van der Waals surface area contributed by atoms with Crippen LogP contribution in [0.25, 0.3) is 0 Å². The average Bonchev–Trinajstić information content (AvgIpc) is 3.24. The third-order valence-electron chi connectivity index (χ3n) is 5.66. The molecule has 0 spiro atoms. The number of hydrogen-bond acceptors (Lipinski definition) is 1. The normalized spacial score (nSPS) is 21.8. The minimum atomic E-state index is -0.321. The minimum Gasteiger partial charge on any atom is -0.349 e. The highest BCUT2D eigenvalue weighted by atomic mass is 16.2. The first-order chi connectivity index (χ1) is 11.3. The lowest BCUT2D eigenvalue weighted by Gasteiger charge is -2.30. The second kappa shape index (κ2) is 5.84. The fourth-order valence-corrected chi connectivity index (χ4v) is 4.39. The summed E-state index contributed by atoms with van der Waals surface area (Å²) in [6, 6.07) is 19.1. The van der Waals surface area contributed by atoms with E-state index in [2.05, 4.69) is 41.7 Å². The Morgan fingerprint density at radius 1 is 0.957 bits per heavy atom. The molecular weight excluding hydrogens is 282 g/mol. The van der Waals surface area contributed by atoms with Crippen molar-refractivity contribution >= 4 is 5.91 Å². The van der Waals surface area contributed by atoms with Gasteiger partial charge in [0.2, 0.25) is 5.91 Å². The first-order valence-corrected chi connectivity index (χ1v) is 8.74. The zero-order valence-corrected chi connectivity index (χ0v) is 13.4. The molecule has 2 aliphatic rings. The summed E-state index contributed by atoms with van der Waals surface area (Å²) in [6.45, 7) is 0. The number of hydrogen-bond donors (Lipinski definition) is 1. The monoisotopic (exact) mass is 305 g/mol. The molecule has 4 rings (SSSR count). The van der Waals surface area contributed by atoms with Crippen LogP contribution in [0.15, 0.2) is 54.6 Å². The Labute approximate surface area is 137 Å². The number of fused-ring (bicyclic) bond motifs is 1. The van der Waals surface area contributed by atoms with Gasteiger partial charge in [-0.25, -0.2) is 0 Å². The van der Waals surface area contributed by atoms with Crippen LogP contribution in [0.5, 0.6) is 0 Å². The molecule has 118 valence electrons. The molecule has 2 nitrogen and oxygen atoms in total. The molecule has 1 fully saturated rings. The molecular formula is C21H23NO. The van der Waals surface area contributed by atoms with Gasteiger partial charge in [0, 0.05) is 0 Å². The Morgan fingerprint density at radius 2 is 1.65 bits per heavy atom.